The molecular formula is C17H18Cl2O2. The first-order valence-electron chi connectivity index (χ1n) is 6.70. The molecule has 2 aromatic carbocycles. The second-order valence-electron chi connectivity index (χ2n) is 4.72. The van der Waals surface area contributed by atoms with Crippen molar-refractivity contribution in [3.63, 3.8) is 0 Å². The van der Waals surface area contributed by atoms with Crippen LogP contribution in [0, 0.1) is 0 Å². The molecule has 112 valence electrons. The fraction of sp³-hybridized carbons (Fsp3) is 0.294. The molecule has 0 bridgehead atoms. The van der Waals surface area contributed by atoms with Gasteiger partial charge < -0.3 is 9.47 Å². The standard InChI is InChI=1S/C17H18Cl2O2/c1-20-14-7-3-12(4-8-14)16(18)11-17(19)13-5-9-15(21-2)10-6-13/h3-10,16-17H,11H2,1-2H3. The van der Waals surface area contributed by atoms with Crippen molar-refractivity contribution in [2.24, 2.45) is 0 Å². The Bertz CT molecular complexity index is 501. The summed E-state index contributed by atoms with van der Waals surface area (Å²) in [6.45, 7) is 0. The van der Waals surface area contributed by atoms with Crippen LogP contribution in [0.15, 0.2) is 48.5 Å². The van der Waals surface area contributed by atoms with Crippen molar-refractivity contribution in [1.29, 1.82) is 0 Å². The van der Waals surface area contributed by atoms with E-state index < -0.39 is 0 Å². The van der Waals surface area contributed by atoms with Gasteiger partial charge in [-0.25, -0.2) is 0 Å². The van der Waals surface area contributed by atoms with E-state index in [1.807, 2.05) is 48.5 Å². The first kappa shape index (κ1) is 16.0. The molecule has 2 atom stereocenters. The number of benzene rings is 2. The Morgan fingerprint density at radius 3 is 1.33 bits per heavy atom. The third-order valence-corrected chi connectivity index (χ3v) is 4.23. The van der Waals surface area contributed by atoms with E-state index in [9.17, 15) is 0 Å². The maximum Gasteiger partial charge on any atom is 0.118 e. The Morgan fingerprint density at radius 1 is 0.714 bits per heavy atom. The van der Waals surface area contributed by atoms with Crippen LogP contribution in [-0.2, 0) is 0 Å². The number of halogens is 2. The van der Waals surface area contributed by atoms with Crippen LogP contribution in [0.25, 0.3) is 0 Å². The molecule has 0 spiro atoms. The molecule has 0 N–H and O–H groups in total. The summed E-state index contributed by atoms with van der Waals surface area (Å²) in [6.07, 6.45) is 0.655. The molecule has 2 aromatic rings. The van der Waals surface area contributed by atoms with Crippen molar-refractivity contribution in [2.75, 3.05) is 14.2 Å². The summed E-state index contributed by atoms with van der Waals surface area (Å²) < 4.78 is 10.3. The minimum Gasteiger partial charge on any atom is -0.497 e. The third kappa shape index (κ3) is 4.29. The number of alkyl halides is 2. The summed E-state index contributed by atoms with van der Waals surface area (Å²) in [6, 6.07) is 15.5. The van der Waals surface area contributed by atoms with Gasteiger partial charge in [-0.2, -0.15) is 0 Å². The molecule has 0 fully saturated rings. The molecular weight excluding hydrogens is 307 g/mol. The summed E-state index contributed by atoms with van der Waals surface area (Å²) in [5.74, 6) is 1.64. The molecule has 0 radical (unpaired) electrons. The normalized spacial score (nSPS) is 13.5. The van der Waals surface area contributed by atoms with Crippen LogP contribution >= 0.6 is 23.2 Å². The van der Waals surface area contributed by atoms with Crippen molar-refractivity contribution in [3.05, 3.63) is 59.7 Å². The zero-order valence-electron chi connectivity index (χ0n) is 12.1. The molecule has 0 aliphatic rings. The predicted octanol–water partition coefficient (Wildman–Crippen LogP) is 5.35. The van der Waals surface area contributed by atoms with Crippen LogP contribution in [0.5, 0.6) is 11.5 Å². The molecule has 21 heavy (non-hydrogen) atoms. The van der Waals surface area contributed by atoms with E-state index in [4.69, 9.17) is 32.7 Å². The molecule has 2 nitrogen and oxygen atoms in total. The topological polar surface area (TPSA) is 18.5 Å². The van der Waals surface area contributed by atoms with Gasteiger partial charge in [-0.3, -0.25) is 0 Å². The average Bonchev–Trinajstić information content (AvgIpc) is 2.55. The van der Waals surface area contributed by atoms with Gasteiger partial charge in [-0.1, -0.05) is 24.3 Å². The van der Waals surface area contributed by atoms with Gasteiger partial charge in [0.2, 0.25) is 0 Å². The van der Waals surface area contributed by atoms with Gasteiger partial charge in [0, 0.05) is 0 Å². The average molecular weight is 325 g/mol. The first-order chi connectivity index (χ1) is 10.1. The summed E-state index contributed by atoms with van der Waals surface area (Å²) >= 11 is 12.9. The summed E-state index contributed by atoms with van der Waals surface area (Å²) in [7, 11) is 3.29. The van der Waals surface area contributed by atoms with Crippen LogP contribution < -0.4 is 9.47 Å². The highest BCUT2D eigenvalue weighted by atomic mass is 35.5. The van der Waals surface area contributed by atoms with Crippen LogP contribution in [0.2, 0.25) is 0 Å². The molecule has 0 amide bonds. The molecule has 4 heteroatoms. The van der Waals surface area contributed by atoms with Crippen molar-refractivity contribution >= 4 is 23.2 Å². The van der Waals surface area contributed by atoms with E-state index in [0.717, 1.165) is 22.6 Å². The van der Waals surface area contributed by atoms with Gasteiger partial charge in [0.1, 0.15) is 11.5 Å². The van der Waals surface area contributed by atoms with Crippen LogP contribution in [0.4, 0.5) is 0 Å². The molecule has 0 saturated carbocycles. The molecule has 0 aliphatic heterocycles. The number of methoxy groups -OCH3 is 2. The zero-order chi connectivity index (χ0) is 15.2. The number of hydrogen-bond acceptors (Lipinski definition) is 2. The van der Waals surface area contributed by atoms with Gasteiger partial charge in [0.25, 0.3) is 0 Å². The first-order valence-corrected chi connectivity index (χ1v) is 7.57. The van der Waals surface area contributed by atoms with Gasteiger partial charge in [0.15, 0.2) is 0 Å². The van der Waals surface area contributed by atoms with Gasteiger partial charge in [-0.15, -0.1) is 23.2 Å². The fourth-order valence-corrected chi connectivity index (χ4v) is 2.82. The second-order valence-corrected chi connectivity index (χ2v) is 5.77. The maximum atomic E-state index is 6.46. The monoisotopic (exact) mass is 324 g/mol. The summed E-state index contributed by atoms with van der Waals surface area (Å²) in [5, 5.41) is -0.277. The minimum absolute atomic E-state index is 0.138. The molecule has 0 saturated heterocycles. The largest absolute Gasteiger partial charge is 0.497 e. The van der Waals surface area contributed by atoms with Crippen molar-refractivity contribution in [2.45, 2.75) is 17.2 Å². The predicted molar refractivity (Wildman–Crippen MR) is 87.8 cm³/mol. The Morgan fingerprint density at radius 2 is 1.05 bits per heavy atom. The second kappa shape index (κ2) is 7.58. The Balaban J connectivity index is 2.01. The zero-order valence-corrected chi connectivity index (χ0v) is 13.6. The van der Waals surface area contributed by atoms with Gasteiger partial charge >= 0.3 is 0 Å². The van der Waals surface area contributed by atoms with Crippen molar-refractivity contribution < 1.29 is 9.47 Å². The summed E-state index contributed by atoms with van der Waals surface area (Å²) in [4.78, 5) is 0. The van der Waals surface area contributed by atoms with E-state index in [2.05, 4.69) is 0 Å². The smallest absolute Gasteiger partial charge is 0.118 e. The highest BCUT2D eigenvalue weighted by Gasteiger charge is 2.16. The van der Waals surface area contributed by atoms with Crippen LogP contribution in [0.1, 0.15) is 28.3 Å². The van der Waals surface area contributed by atoms with Crippen molar-refractivity contribution in [1.82, 2.24) is 0 Å². The van der Waals surface area contributed by atoms with E-state index >= 15 is 0 Å². The van der Waals surface area contributed by atoms with Gasteiger partial charge in [-0.05, 0) is 41.8 Å². The minimum atomic E-state index is -0.138. The van der Waals surface area contributed by atoms with E-state index in [-0.39, 0.29) is 10.8 Å². The van der Waals surface area contributed by atoms with Crippen LogP contribution in [-0.4, -0.2) is 14.2 Å². The van der Waals surface area contributed by atoms with E-state index in [1.54, 1.807) is 14.2 Å². The van der Waals surface area contributed by atoms with Gasteiger partial charge in [0.05, 0.1) is 25.0 Å². The number of rotatable bonds is 6. The lowest BCUT2D eigenvalue weighted by Gasteiger charge is -2.15. The lowest BCUT2D eigenvalue weighted by Crippen LogP contribution is -1.98. The molecule has 0 heterocycles. The molecule has 0 aliphatic carbocycles. The quantitative estimate of drug-likeness (QED) is 0.666. The lowest BCUT2D eigenvalue weighted by molar-refractivity contribution is 0.414. The molecule has 2 unspecified atom stereocenters. The Labute approximate surface area is 135 Å². The number of hydrogen-bond donors (Lipinski definition) is 0. The molecule has 0 aromatic heterocycles. The van der Waals surface area contributed by atoms with Crippen molar-refractivity contribution in [3.8, 4) is 11.5 Å². The maximum absolute atomic E-state index is 6.46. The lowest BCUT2D eigenvalue weighted by atomic mass is 10.0. The highest BCUT2D eigenvalue weighted by molar-refractivity contribution is 6.23. The van der Waals surface area contributed by atoms with Crippen LogP contribution in [0.3, 0.4) is 0 Å². The highest BCUT2D eigenvalue weighted by Crippen LogP contribution is 2.36. The Hall–Kier alpha value is -1.38. The Kier molecular flexibility index (Phi) is 5.77. The fourth-order valence-electron chi connectivity index (χ4n) is 2.08. The SMILES string of the molecule is COc1ccc(C(Cl)CC(Cl)c2ccc(OC)cc2)cc1. The number of ether oxygens (including phenoxy) is 2. The molecule has 2 rings (SSSR count). The van der Waals surface area contributed by atoms with E-state index in [0.29, 0.717) is 6.42 Å². The van der Waals surface area contributed by atoms with E-state index in [1.165, 1.54) is 0 Å². The summed E-state index contributed by atoms with van der Waals surface area (Å²) in [5.41, 5.74) is 2.08. The third-order valence-electron chi connectivity index (χ3n) is 3.37.